The predicted molar refractivity (Wildman–Crippen MR) is 224 cm³/mol. The van der Waals surface area contributed by atoms with E-state index in [1.54, 1.807) is 38.3 Å². The van der Waals surface area contributed by atoms with Crippen LogP contribution in [0.3, 0.4) is 0 Å². The number of ether oxygens (including phenoxy) is 2. The van der Waals surface area contributed by atoms with Crippen molar-refractivity contribution in [3.63, 3.8) is 0 Å². The van der Waals surface area contributed by atoms with Crippen molar-refractivity contribution in [3.8, 4) is 0 Å². The Bertz CT molecular complexity index is 1950. The number of anilines is 3. The SMILES string of the molecule is C=CC(/C=C/c1ccc(N(c2ccc(C(C)(C)C)cc2)c2ccc(C(C)(C)C)cc2)cc1)=C\C/C(=C\C(=C/N)C(=O)OCC)c1cc(C(=O)OCC)c[nH]1. The Morgan fingerprint density at radius 3 is 1.78 bits per heavy atom. The summed E-state index contributed by atoms with van der Waals surface area (Å²) in [5.74, 6) is -0.969. The van der Waals surface area contributed by atoms with Crippen LogP contribution in [0.25, 0.3) is 11.6 Å². The molecule has 0 aliphatic heterocycles. The van der Waals surface area contributed by atoms with Gasteiger partial charge in [-0.2, -0.15) is 0 Å². The van der Waals surface area contributed by atoms with Crippen LogP contribution < -0.4 is 10.6 Å². The normalized spacial score (nSPS) is 12.9. The number of hydrogen-bond donors (Lipinski definition) is 2. The average molecular weight is 726 g/mol. The van der Waals surface area contributed by atoms with Crippen LogP contribution in [0.1, 0.15) is 94.6 Å². The van der Waals surface area contributed by atoms with E-state index in [0.29, 0.717) is 17.7 Å². The maximum atomic E-state index is 12.6. The van der Waals surface area contributed by atoms with Gasteiger partial charge in [-0.1, -0.05) is 109 Å². The highest BCUT2D eigenvalue weighted by Crippen LogP contribution is 2.37. The molecular formula is C47H55N3O4. The molecule has 0 radical (unpaired) electrons. The van der Waals surface area contributed by atoms with E-state index in [-0.39, 0.29) is 29.6 Å². The van der Waals surface area contributed by atoms with Gasteiger partial charge in [0.1, 0.15) is 0 Å². The lowest BCUT2D eigenvalue weighted by Gasteiger charge is -2.28. The number of rotatable bonds is 14. The molecule has 0 aliphatic rings. The van der Waals surface area contributed by atoms with Crippen molar-refractivity contribution in [3.05, 3.63) is 161 Å². The van der Waals surface area contributed by atoms with Crippen LogP contribution in [0, 0.1) is 0 Å². The lowest BCUT2D eigenvalue weighted by molar-refractivity contribution is -0.138. The molecule has 7 nitrogen and oxygen atoms in total. The third kappa shape index (κ3) is 10.9. The van der Waals surface area contributed by atoms with Crippen LogP contribution in [0.2, 0.25) is 0 Å². The van der Waals surface area contributed by atoms with Crippen molar-refractivity contribution in [2.45, 2.75) is 72.6 Å². The lowest BCUT2D eigenvalue weighted by atomic mass is 9.86. The molecular weight excluding hydrogens is 671 g/mol. The molecule has 0 saturated heterocycles. The number of allylic oxidation sites excluding steroid dienone is 5. The van der Waals surface area contributed by atoms with Gasteiger partial charge in [-0.05, 0) is 107 Å². The largest absolute Gasteiger partial charge is 0.462 e. The van der Waals surface area contributed by atoms with Gasteiger partial charge in [0, 0.05) is 35.2 Å². The fourth-order valence-corrected chi connectivity index (χ4v) is 5.78. The highest BCUT2D eigenvalue weighted by Gasteiger charge is 2.19. The van der Waals surface area contributed by atoms with E-state index in [9.17, 15) is 9.59 Å². The number of nitrogens with zero attached hydrogens (tertiary/aromatic N) is 1. The van der Waals surface area contributed by atoms with Gasteiger partial charge in [-0.25, -0.2) is 9.59 Å². The van der Waals surface area contributed by atoms with Crippen molar-refractivity contribution >= 4 is 40.6 Å². The van der Waals surface area contributed by atoms with Crippen molar-refractivity contribution in [1.82, 2.24) is 4.98 Å². The Morgan fingerprint density at radius 1 is 0.796 bits per heavy atom. The minimum atomic E-state index is -0.534. The fraction of sp³-hybridized carbons (Fsp3) is 0.277. The number of nitrogens with one attached hydrogen (secondary N) is 1. The molecule has 1 aromatic heterocycles. The number of aromatic amines is 1. The highest BCUT2D eigenvalue weighted by atomic mass is 16.5. The first-order valence-corrected chi connectivity index (χ1v) is 18.5. The van der Waals surface area contributed by atoms with Crippen molar-refractivity contribution in [2.24, 2.45) is 5.73 Å². The Balaban J connectivity index is 1.63. The summed E-state index contributed by atoms with van der Waals surface area (Å²) >= 11 is 0. The summed E-state index contributed by atoms with van der Waals surface area (Å²) in [6, 6.07) is 27.8. The number of aromatic nitrogens is 1. The van der Waals surface area contributed by atoms with Gasteiger partial charge in [0.15, 0.2) is 0 Å². The van der Waals surface area contributed by atoms with Crippen molar-refractivity contribution < 1.29 is 19.1 Å². The van der Waals surface area contributed by atoms with Gasteiger partial charge in [0.05, 0.1) is 24.4 Å². The van der Waals surface area contributed by atoms with Crippen LogP contribution >= 0.6 is 0 Å². The number of carbonyl (C=O) groups excluding carboxylic acids is 2. The topological polar surface area (TPSA) is 97.7 Å². The third-order valence-corrected chi connectivity index (χ3v) is 8.96. The first-order valence-electron chi connectivity index (χ1n) is 18.5. The Hall–Kier alpha value is -5.82. The van der Waals surface area contributed by atoms with Crippen LogP contribution in [-0.4, -0.2) is 30.1 Å². The first-order chi connectivity index (χ1) is 25.7. The van der Waals surface area contributed by atoms with E-state index >= 15 is 0 Å². The van der Waals surface area contributed by atoms with E-state index in [1.165, 1.54) is 17.3 Å². The number of carbonyl (C=O) groups is 2. The van der Waals surface area contributed by atoms with Crippen molar-refractivity contribution in [1.29, 1.82) is 0 Å². The molecule has 0 spiro atoms. The lowest BCUT2D eigenvalue weighted by Crippen LogP contribution is -2.14. The summed E-state index contributed by atoms with van der Waals surface area (Å²) in [6.45, 7) is 21.4. The zero-order chi connectivity index (χ0) is 39.5. The number of H-pyrrole nitrogens is 1. The minimum absolute atomic E-state index is 0.0604. The van der Waals surface area contributed by atoms with Crippen LogP contribution in [0.4, 0.5) is 17.1 Å². The molecule has 0 unspecified atom stereocenters. The third-order valence-electron chi connectivity index (χ3n) is 8.96. The van der Waals surface area contributed by atoms with E-state index < -0.39 is 11.9 Å². The Morgan fingerprint density at radius 2 is 1.31 bits per heavy atom. The minimum Gasteiger partial charge on any atom is -0.462 e. The van der Waals surface area contributed by atoms with Gasteiger partial charge in [0.25, 0.3) is 0 Å². The van der Waals surface area contributed by atoms with Crippen molar-refractivity contribution in [2.75, 3.05) is 18.1 Å². The molecule has 282 valence electrons. The number of esters is 2. The summed E-state index contributed by atoms with van der Waals surface area (Å²) in [7, 11) is 0. The highest BCUT2D eigenvalue weighted by molar-refractivity contribution is 5.95. The second kappa shape index (κ2) is 18.3. The second-order valence-electron chi connectivity index (χ2n) is 15.0. The molecule has 1 heterocycles. The molecule has 0 aliphatic carbocycles. The molecule has 3 N–H and O–H groups in total. The molecule has 0 amide bonds. The zero-order valence-corrected chi connectivity index (χ0v) is 33.0. The Kier molecular flexibility index (Phi) is 13.9. The summed E-state index contributed by atoms with van der Waals surface area (Å²) in [5.41, 5.74) is 15.6. The molecule has 0 saturated carbocycles. The molecule has 0 bridgehead atoms. The predicted octanol–water partition coefficient (Wildman–Crippen LogP) is 11.3. The van der Waals surface area contributed by atoms with Gasteiger partial charge in [-0.3, -0.25) is 0 Å². The van der Waals surface area contributed by atoms with Crippen LogP contribution in [0.5, 0.6) is 0 Å². The molecule has 3 aromatic carbocycles. The van der Waals surface area contributed by atoms with Gasteiger partial charge >= 0.3 is 11.9 Å². The van der Waals surface area contributed by atoms with Gasteiger partial charge in [0.2, 0.25) is 0 Å². The molecule has 0 atom stereocenters. The maximum absolute atomic E-state index is 12.6. The van der Waals surface area contributed by atoms with E-state index in [0.717, 1.165) is 33.8 Å². The molecule has 7 heteroatoms. The molecule has 4 rings (SSSR count). The molecule has 0 fully saturated rings. The van der Waals surface area contributed by atoms with E-state index in [2.05, 4.69) is 131 Å². The standard InChI is InChI=1S/C47H55N3O4/c1-10-33(15-18-35(29-36(31-48)44(51)53-11-2)43-30-37(32-49-43)45(52)54-12-3)13-14-34-16-23-40(24-17-34)50(41-25-19-38(20-26-41)46(4,5)6)42-27-21-39(22-28-42)47(7,8)9/h10,13-17,19-32,49H,1,11-12,18,48H2,2-9H3/b14-13+,33-15+,35-29+,36-31+. The summed E-state index contributed by atoms with van der Waals surface area (Å²) < 4.78 is 10.3. The number of hydrogen-bond acceptors (Lipinski definition) is 6. The van der Waals surface area contributed by atoms with Crippen LogP contribution in [-0.2, 0) is 25.1 Å². The summed E-state index contributed by atoms with van der Waals surface area (Å²) in [6.07, 6.45) is 12.7. The number of benzene rings is 3. The monoisotopic (exact) mass is 725 g/mol. The maximum Gasteiger partial charge on any atom is 0.339 e. The first kappa shape index (κ1) is 40.9. The smallest absolute Gasteiger partial charge is 0.339 e. The summed E-state index contributed by atoms with van der Waals surface area (Å²) in [5, 5.41) is 0. The second-order valence-corrected chi connectivity index (χ2v) is 15.0. The van der Waals surface area contributed by atoms with Gasteiger partial charge < -0.3 is 25.1 Å². The van der Waals surface area contributed by atoms with E-state index in [4.69, 9.17) is 15.2 Å². The quantitative estimate of drug-likeness (QED) is 0.0763. The molecule has 4 aromatic rings. The molecule has 54 heavy (non-hydrogen) atoms. The van der Waals surface area contributed by atoms with Gasteiger partial charge in [-0.15, -0.1) is 0 Å². The summed E-state index contributed by atoms with van der Waals surface area (Å²) in [4.78, 5) is 30.4. The Labute approximate surface area is 321 Å². The zero-order valence-electron chi connectivity index (χ0n) is 33.0. The van der Waals surface area contributed by atoms with Crippen LogP contribution in [0.15, 0.2) is 133 Å². The fourth-order valence-electron chi connectivity index (χ4n) is 5.78. The average Bonchev–Trinajstić information content (AvgIpc) is 3.64. The van der Waals surface area contributed by atoms with E-state index in [1.807, 2.05) is 18.2 Å². The number of nitrogens with two attached hydrogens (primary N) is 1.